The number of nitrogens with zero attached hydrogens (tertiary/aromatic N) is 1. The van der Waals surface area contributed by atoms with Gasteiger partial charge in [-0.15, -0.1) is 0 Å². The van der Waals surface area contributed by atoms with Crippen LogP contribution in [0.3, 0.4) is 0 Å². The quantitative estimate of drug-likeness (QED) is 0.893. The smallest absolute Gasteiger partial charge is 0.335 e. The molecule has 1 aromatic heterocycles. The fraction of sp³-hybridized carbons (Fsp3) is 0.286. The monoisotopic (exact) mass is 338 g/mol. The van der Waals surface area contributed by atoms with Gasteiger partial charge in [-0.25, -0.2) is 13.2 Å². The minimum atomic E-state index is -3.69. The highest BCUT2D eigenvalue weighted by atomic mass is 32.2. The van der Waals surface area contributed by atoms with Gasteiger partial charge in [-0.05, 0) is 60.5 Å². The van der Waals surface area contributed by atoms with Crippen molar-refractivity contribution >= 4 is 33.2 Å². The number of aromatic nitrogens is 1. The van der Waals surface area contributed by atoms with Crippen LogP contribution in [0.1, 0.15) is 34.3 Å². The van der Waals surface area contributed by atoms with Crippen molar-refractivity contribution in [3.05, 3.63) is 40.4 Å². The maximum Gasteiger partial charge on any atom is 0.335 e. The number of fused-ring (bicyclic) bond motifs is 1. The lowest BCUT2D eigenvalue weighted by Crippen LogP contribution is -2.17. The number of rotatable bonds is 4. The van der Waals surface area contributed by atoms with E-state index in [4.69, 9.17) is 0 Å². The molecule has 0 aliphatic heterocycles. The Morgan fingerprint density at radius 3 is 2.59 bits per heavy atom. The van der Waals surface area contributed by atoms with E-state index in [-0.39, 0.29) is 10.5 Å². The van der Waals surface area contributed by atoms with E-state index in [1.807, 2.05) is 0 Å². The third-order valence-corrected chi connectivity index (χ3v) is 5.80. The third kappa shape index (κ3) is 2.71. The Morgan fingerprint density at radius 1 is 1.23 bits per heavy atom. The van der Waals surface area contributed by atoms with Gasteiger partial charge in [0.15, 0.2) is 0 Å². The zero-order valence-corrected chi connectivity index (χ0v) is 13.2. The summed E-state index contributed by atoms with van der Waals surface area (Å²) >= 11 is 1.07. The Morgan fingerprint density at radius 2 is 1.95 bits per heavy atom. The molecule has 0 radical (unpaired) electrons. The van der Waals surface area contributed by atoms with Crippen LogP contribution in [-0.4, -0.2) is 23.9 Å². The van der Waals surface area contributed by atoms with Crippen molar-refractivity contribution in [2.24, 2.45) is 0 Å². The number of aromatic carboxylic acids is 1. The maximum absolute atomic E-state index is 12.3. The van der Waals surface area contributed by atoms with Gasteiger partial charge in [0.2, 0.25) is 0 Å². The lowest BCUT2D eigenvalue weighted by Gasteiger charge is -2.21. The van der Waals surface area contributed by atoms with E-state index in [0.717, 1.165) is 35.5 Å². The number of benzene rings is 1. The first kappa shape index (κ1) is 15.0. The van der Waals surface area contributed by atoms with Crippen LogP contribution >= 0.6 is 11.5 Å². The van der Waals surface area contributed by atoms with E-state index in [1.54, 1.807) is 0 Å². The Kier molecular flexibility index (Phi) is 3.88. The molecule has 3 rings (SSSR count). The summed E-state index contributed by atoms with van der Waals surface area (Å²) in [5.41, 5.74) is 2.25. The zero-order chi connectivity index (χ0) is 15.7. The highest BCUT2D eigenvalue weighted by Crippen LogP contribution is 2.32. The summed E-state index contributed by atoms with van der Waals surface area (Å²) in [6.45, 7) is 0. The standard InChI is InChI=1S/C14H14N2O4S2/c17-14(18)12-5-6-13(11-4-2-1-3-10(11)12)16-22(19,20)9-7-15-21-8-9/h5-8,16H,1-4H2,(H,17,18). The molecule has 0 spiro atoms. The van der Waals surface area contributed by atoms with E-state index in [0.29, 0.717) is 18.5 Å². The van der Waals surface area contributed by atoms with Crippen LogP contribution in [0.2, 0.25) is 0 Å². The summed E-state index contributed by atoms with van der Waals surface area (Å²) in [5, 5.41) is 10.7. The molecular weight excluding hydrogens is 324 g/mol. The van der Waals surface area contributed by atoms with Crippen LogP contribution in [0.5, 0.6) is 0 Å². The first-order valence-electron chi connectivity index (χ1n) is 6.79. The number of carbonyl (C=O) groups is 1. The molecule has 0 saturated carbocycles. The highest BCUT2D eigenvalue weighted by molar-refractivity contribution is 7.92. The average molecular weight is 338 g/mol. The summed E-state index contributed by atoms with van der Waals surface area (Å²) in [4.78, 5) is 11.4. The Labute approximate surface area is 132 Å². The third-order valence-electron chi connectivity index (χ3n) is 3.73. The topological polar surface area (TPSA) is 96.4 Å². The molecule has 0 saturated heterocycles. The molecule has 0 unspecified atom stereocenters. The van der Waals surface area contributed by atoms with Crippen molar-refractivity contribution in [3.8, 4) is 0 Å². The average Bonchev–Trinajstić information content (AvgIpc) is 3.02. The predicted octanol–water partition coefficient (Wildman–Crippen LogP) is 2.52. The molecule has 8 heteroatoms. The molecule has 1 aromatic carbocycles. The summed E-state index contributed by atoms with van der Waals surface area (Å²) in [5.74, 6) is -0.977. The van der Waals surface area contributed by atoms with Gasteiger partial charge in [0.25, 0.3) is 10.0 Å². The minimum Gasteiger partial charge on any atom is -0.478 e. The lowest BCUT2D eigenvalue weighted by molar-refractivity contribution is 0.0695. The molecule has 0 amide bonds. The van der Waals surface area contributed by atoms with Gasteiger partial charge in [0.05, 0.1) is 17.4 Å². The minimum absolute atomic E-state index is 0.115. The van der Waals surface area contributed by atoms with Gasteiger partial charge >= 0.3 is 5.97 Å². The first-order chi connectivity index (χ1) is 10.5. The molecule has 2 N–H and O–H groups in total. The second kappa shape index (κ2) is 5.69. The molecule has 0 atom stereocenters. The molecule has 0 bridgehead atoms. The molecule has 1 heterocycles. The summed E-state index contributed by atoms with van der Waals surface area (Å²) < 4.78 is 31.0. The molecule has 0 fully saturated rings. The van der Waals surface area contributed by atoms with Crippen LogP contribution in [0, 0.1) is 0 Å². The van der Waals surface area contributed by atoms with Crippen LogP contribution < -0.4 is 4.72 Å². The summed E-state index contributed by atoms with van der Waals surface area (Å²) in [6.07, 6.45) is 4.47. The number of carboxylic acids is 1. The van der Waals surface area contributed by atoms with E-state index in [2.05, 4.69) is 9.10 Å². The van der Waals surface area contributed by atoms with E-state index < -0.39 is 16.0 Å². The van der Waals surface area contributed by atoms with Crippen molar-refractivity contribution in [1.29, 1.82) is 0 Å². The molecular formula is C14H14N2O4S2. The lowest BCUT2D eigenvalue weighted by atomic mass is 9.87. The van der Waals surface area contributed by atoms with E-state index in [9.17, 15) is 18.3 Å². The summed E-state index contributed by atoms with van der Waals surface area (Å²) in [6, 6.07) is 3.00. The van der Waals surface area contributed by atoms with Crippen molar-refractivity contribution in [2.75, 3.05) is 4.72 Å². The van der Waals surface area contributed by atoms with Crippen LogP contribution in [0.25, 0.3) is 0 Å². The van der Waals surface area contributed by atoms with Crippen LogP contribution in [-0.2, 0) is 22.9 Å². The fourth-order valence-electron chi connectivity index (χ4n) is 2.70. The van der Waals surface area contributed by atoms with Crippen molar-refractivity contribution in [2.45, 2.75) is 30.6 Å². The van der Waals surface area contributed by atoms with E-state index >= 15 is 0 Å². The van der Waals surface area contributed by atoms with Gasteiger partial charge in [0.1, 0.15) is 4.90 Å². The normalized spacial score (nSPS) is 14.4. The SMILES string of the molecule is O=C(O)c1ccc(NS(=O)(=O)c2cnsc2)c2c1CCCC2. The summed E-state index contributed by atoms with van der Waals surface area (Å²) in [7, 11) is -3.69. The second-order valence-corrected chi connectivity index (χ2v) is 7.44. The number of hydrogen-bond donors (Lipinski definition) is 2. The molecule has 1 aliphatic carbocycles. The van der Waals surface area contributed by atoms with Gasteiger partial charge in [-0.1, -0.05) is 0 Å². The predicted molar refractivity (Wildman–Crippen MR) is 83.0 cm³/mol. The van der Waals surface area contributed by atoms with Crippen molar-refractivity contribution in [3.63, 3.8) is 0 Å². The largest absolute Gasteiger partial charge is 0.478 e. The molecule has 2 aromatic rings. The van der Waals surface area contributed by atoms with E-state index in [1.165, 1.54) is 23.7 Å². The van der Waals surface area contributed by atoms with Gasteiger partial charge in [-0.3, -0.25) is 4.72 Å². The second-order valence-electron chi connectivity index (χ2n) is 5.10. The number of carboxylic acid groups (broad SMARTS) is 1. The van der Waals surface area contributed by atoms with Crippen LogP contribution in [0.4, 0.5) is 5.69 Å². The molecule has 116 valence electrons. The van der Waals surface area contributed by atoms with Gasteiger partial charge in [0, 0.05) is 5.38 Å². The fourth-order valence-corrected chi connectivity index (χ4v) is 4.59. The maximum atomic E-state index is 12.3. The van der Waals surface area contributed by atoms with Gasteiger partial charge in [-0.2, -0.15) is 4.37 Å². The molecule has 1 aliphatic rings. The number of nitrogens with one attached hydrogen (secondary N) is 1. The van der Waals surface area contributed by atoms with Crippen molar-refractivity contribution in [1.82, 2.24) is 4.37 Å². The zero-order valence-electron chi connectivity index (χ0n) is 11.6. The number of sulfonamides is 1. The van der Waals surface area contributed by atoms with Crippen molar-refractivity contribution < 1.29 is 18.3 Å². The number of hydrogen-bond acceptors (Lipinski definition) is 5. The molecule has 22 heavy (non-hydrogen) atoms. The Bertz CT molecular complexity index is 814. The first-order valence-corrected chi connectivity index (χ1v) is 9.11. The Balaban J connectivity index is 2.04. The van der Waals surface area contributed by atoms with Gasteiger partial charge < -0.3 is 5.11 Å². The highest BCUT2D eigenvalue weighted by Gasteiger charge is 2.23. The van der Waals surface area contributed by atoms with Crippen LogP contribution in [0.15, 0.2) is 28.6 Å². The molecule has 6 nitrogen and oxygen atoms in total. The Hall–Kier alpha value is -1.93. The number of anilines is 1.